The van der Waals surface area contributed by atoms with Gasteiger partial charge in [0, 0.05) is 0 Å². The molecule has 1 heterocycles. The monoisotopic (exact) mass is 276 g/mol. The molecule has 1 N–H and O–H groups in total. The Labute approximate surface area is 122 Å². The minimum Gasteiger partial charge on any atom is -0.399 e. The maximum atomic E-state index is 9.56. The van der Waals surface area contributed by atoms with E-state index in [1.165, 1.54) is 0 Å². The van der Waals surface area contributed by atoms with E-state index in [2.05, 4.69) is 52.8 Å². The van der Waals surface area contributed by atoms with Gasteiger partial charge < -0.3 is 14.4 Å². The lowest BCUT2D eigenvalue weighted by Crippen LogP contribution is -2.41. The molecule has 1 unspecified atom stereocenters. The van der Waals surface area contributed by atoms with Crippen LogP contribution in [0.3, 0.4) is 0 Å². The Kier molecular flexibility index (Phi) is 4.02. The Hall–Kier alpha value is -0.835. The van der Waals surface area contributed by atoms with Gasteiger partial charge in [0.2, 0.25) is 0 Å². The van der Waals surface area contributed by atoms with Crippen LogP contribution >= 0.6 is 0 Å². The predicted octanol–water partition coefficient (Wildman–Crippen LogP) is 2.22. The molecule has 1 aromatic rings. The van der Waals surface area contributed by atoms with Crippen LogP contribution in [0, 0.1) is 6.92 Å². The molecule has 1 atom stereocenters. The third kappa shape index (κ3) is 3.08. The van der Waals surface area contributed by atoms with Crippen molar-refractivity contribution in [2.45, 2.75) is 65.3 Å². The van der Waals surface area contributed by atoms with Gasteiger partial charge in [-0.3, -0.25) is 0 Å². The van der Waals surface area contributed by atoms with Gasteiger partial charge in [0.15, 0.2) is 0 Å². The van der Waals surface area contributed by atoms with Crippen molar-refractivity contribution in [1.82, 2.24) is 0 Å². The van der Waals surface area contributed by atoms with Crippen molar-refractivity contribution in [3.05, 3.63) is 29.3 Å². The molecule has 0 aromatic heterocycles. The first kappa shape index (κ1) is 15.6. The minimum absolute atomic E-state index is 0.328. The normalized spacial score (nSPS) is 22.1. The van der Waals surface area contributed by atoms with E-state index in [4.69, 9.17) is 9.31 Å². The average molecular weight is 276 g/mol. The Morgan fingerprint density at radius 2 is 1.65 bits per heavy atom. The third-order valence-corrected chi connectivity index (χ3v) is 4.22. The van der Waals surface area contributed by atoms with Gasteiger partial charge in [0.25, 0.3) is 0 Å². The first-order valence-electron chi connectivity index (χ1n) is 7.25. The van der Waals surface area contributed by atoms with Crippen LogP contribution in [0.5, 0.6) is 0 Å². The molecular formula is C16H25BO3. The summed E-state index contributed by atoms with van der Waals surface area (Å²) in [5, 5.41) is 9.56. The van der Waals surface area contributed by atoms with Crippen LogP contribution < -0.4 is 5.46 Å². The summed E-state index contributed by atoms with van der Waals surface area (Å²) in [7, 11) is -0.340. The van der Waals surface area contributed by atoms with Crippen molar-refractivity contribution < 1.29 is 14.4 Å². The number of aryl methyl sites for hydroxylation is 1. The molecular weight excluding hydrogens is 251 g/mol. The van der Waals surface area contributed by atoms with Gasteiger partial charge in [-0.25, -0.2) is 0 Å². The van der Waals surface area contributed by atoms with E-state index in [-0.39, 0.29) is 24.4 Å². The second-order valence-electron chi connectivity index (χ2n) is 6.89. The van der Waals surface area contributed by atoms with Crippen molar-refractivity contribution in [2.24, 2.45) is 0 Å². The summed E-state index contributed by atoms with van der Waals surface area (Å²) in [6.45, 7) is 12.1. The van der Waals surface area contributed by atoms with Crippen molar-refractivity contribution >= 4 is 12.6 Å². The molecule has 0 radical (unpaired) electrons. The fourth-order valence-corrected chi connectivity index (χ4v) is 2.47. The summed E-state index contributed by atoms with van der Waals surface area (Å²) in [5.41, 5.74) is 2.65. The van der Waals surface area contributed by atoms with Crippen LogP contribution in [-0.2, 0) is 15.7 Å². The zero-order valence-corrected chi connectivity index (χ0v) is 13.4. The van der Waals surface area contributed by atoms with Crippen molar-refractivity contribution in [1.29, 1.82) is 0 Å². The second kappa shape index (κ2) is 5.17. The lowest BCUT2D eigenvalue weighted by Gasteiger charge is -2.32. The van der Waals surface area contributed by atoms with Crippen LogP contribution in [0.1, 0.15) is 45.7 Å². The summed E-state index contributed by atoms with van der Waals surface area (Å²) in [4.78, 5) is 0. The van der Waals surface area contributed by atoms with Gasteiger partial charge in [0.1, 0.15) is 0 Å². The highest BCUT2D eigenvalue weighted by molar-refractivity contribution is 6.62. The van der Waals surface area contributed by atoms with Gasteiger partial charge in [-0.05, 0) is 59.0 Å². The van der Waals surface area contributed by atoms with Crippen molar-refractivity contribution in [3.63, 3.8) is 0 Å². The first-order chi connectivity index (χ1) is 9.10. The first-order valence-corrected chi connectivity index (χ1v) is 7.25. The number of rotatable bonds is 3. The van der Waals surface area contributed by atoms with E-state index in [0.717, 1.165) is 16.6 Å². The molecule has 0 bridgehead atoms. The molecule has 1 aliphatic heterocycles. The van der Waals surface area contributed by atoms with E-state index in [1.807, 2.05) is 0 Å². The van der Waals surface area contributed by atoms with E-state index in [0.29, 0.717) is 6.42 Å². The molecule has 20 heavy (non-hydrogen) atoms. The molecule has 1 saturated heterocycles. The highest BCUT2D eigenvalue weighted by Crippen LogP contribution is 2.36. The topological polar surface area (TPSA) is 38.7 Å². The zero-order chi connectivity index (χ0) is 15.1. The highest BCUT2D eigenvalue weighted by Gasteiger charge is 2.51. The van der Waals surface area contributed by atoms with E-state index >= 15 is 0 Å². The van der Waals surface area contributed by atoms with Gasteiger partial charge in [-0.15, -0.1) is 0 Å². The van der Waals surface area contributed by atoms with Crippen LogP contribution in [0.2, 0.25) is 0 Å². The van der Waals surface area contributed by atoms with Crippen LogP contribution in [0.4, 0.5) is 0 Å². The predicted molar refractivity (Wildman–Crippen MR) is 82.3 cm³/mol. The van der Waals surface area contributed by atoms with Gasteiger partial charge in [-0.1, -0.05) is 23.8 Å². The van der Waals surface area contributed by atoms with E-state index in [9.17, 15) is 5.11 Å². The Bertz CT molecular complexity index is 478. The molecule has 3 nitrogen and oxygen atoms in total. The zero-order valence-electron chi connectivity index (χ0n) is 13.4. The largest absolute Gasteiger partial charge is 0.494 e. The van der Waals surface area contributed by atoms with E-state index in [1.54, 1.807) is 6.92 Å². The Morgan fingerprint density at radius 3 is 2.15 bits per heavy atom. The maximum absolute atomic E-state index is 9.56. The lowest BCUT2D eigenvalue weighted by atomic mass is 9.77. The summed E-state index contributed by atoms with van der Waals surface area (Å²) >= 11 is 0. The van der Waals surface area contributed by atoms with E-state index < -0.39 is 0 Å². The molecule has 0 spiro atoms. The highest BCUT2D eigenvalue weighted by atomic mass is 16.7. The van der Waals surface area contributed by atoms with Gasteiger partial charge in [0.05, 0.1) is 17.3 Å². The fourth-order valence-electron chi connectivity index (χ4n) is 2.47. The number of aliphatic hydroxyl groups excluding tert-OH is 1. The third-order valence-electron chi connectivity index (χ3n) is 4.22. The second-order valence-corrected chi connectivity index (χ2v) is 6.89. The number of benzene rings is 1. The summed E-state index contributed by atoms with van der Waals surface area (Å²) in [6, 6.07) is 6.26. The average Bonchev–Trinajstić information content (AvgIpc) is 2.46. The Balaban J connectivity index is 2.28. The molecule has 0 amide bonds. The Morgan fingerprint density at radius 1 is 1.10 bits per heavy atom. The molecule has 1 aromatic carbocycles. The maximum Gasteiger partial charge on any atom is 0.494 e. The minimum atomic E-state index is -0.344. The molecule has 1 aliphatic rings. The van der Waals surface area contributed by atoms with Crippen LogP contribution in [0.15, 0.2) is 18.2 Å². The molecule has 110 valence electrons. The van der Waals surface area contributed by atoms with Crippen molar-refractivity contribution in [3.8, 4) is 0 Å². The molecule has 0 aliphatic carbocycles. The van der Waals surface area contributed by atoms with Crippen LogP contribution in [-0.4, -0.2) is 29.5 Å². The quantitative estimate of drug-likeness (QED) is 0.860. The molecule has 1 fully saturated rings. The number of aliphatic hydroxyl groups is 1. The van der Waals surface area contributed by atoms with Gasteiger partial charge in [-0.2, -0.15) is 0 Å². The SMILES string of the molecule is Cc1cc(CC(C)O)cc(B2OC(C)(C)C(C)(C)O2)c1. The summed E-state index contributed by atoms with van der Waals surface area (Å²) in [6.07, 6.45) is 0.303. The smallest absolute Gasteiger partial charge is 0.399 e. The van der Waals surface area contributed by atoms with Crippen LogP contribution in [0.25, 0.3) is 0 Å². The summed E-state index contributed by atoms with van der Waals surface area (Å²) in [5.74, 6) is 0. The lowest BCUT2D eigenvalue weighted by molar-refractivity contribution is 0.00578. The molecule has 0 saturated carbocycles. The summed E-state index contributed by atoms with van der Waals surface area (Å²) < 4.78 is 12.2. The fraction of sp³-hybridized carbons (Fsp3) is 0.625. The molecule has 2 rings (SSSR count). The molecule has 4 heteroatoms. The number of hydrogen-bond donors (Lipinski definition) is 1. The standard InChI is InChI=1S/C16H25BO3/c1-11-7-13(9-12(2)18)10-14(8-11)17-19-15(3,4)16(5,6)20-17/h7-8,10,12,18H,9H2,1-6H3. The van der Waals surface area contributed by atoms with Crippen molar-refractivity contribution in [2.75, 3.05) is 0 Å². The number of hydrogen-bond acceptors (Lipinski definition) is 3. The van der Waals surface area contributed by atoms with Gasteiger partial charge >= 0.3 is 7.12 Å².